The van der Waals surface area contributed by atoms with Crippen LogP contribution in [0.25, 0.3) is 5.69 Å². The minimum absolute atomic E-state index is 0.113. The number of rotatable bonds is 5. The topological polar surface area (TPSA) is 70.4 Å². The molecule has 35 heavy (non-hydrogen) atoms. The van der Waals surface area contributed by atoms with Crippen molar-refractivity contribution in [1.29, 1.82) is 0 Å². The Kier molecular flexibility index (Phi) is 5.86. The highest BCUT2D eigenvalue weighted by molar-refractivity contribution is 7.80. The number of carboxylic acids is 1. The fourth-order valence-corrected chi connectivity index (χ4v) is 5.31. The van der Waals surface area contributed by atoms with E-state index in [1.54, 1.807) is 18.3 Å². The molecule has 2 atom stereocenters. The summed E-state index contributed by atoms with van der Waals surface area (Å²) in [7, 11) is 0. The summed E-state index contributed by atoms with van der Waals surface area (Å²) in [6.07, 6.45) is 1.81. The number of hydrogen-bond donors (Lipinski definition) is 2. The van der Waals surface area contributed by atoms with Gasteiger partial charge in [-0.25, -0.2) is 4.79 Å². The molecule has 1 aliphatic heterocycles. The number of benzene rings is 2. The minimum atomic E-state index is -0.935. The Balaban J connectivity index is 1.66. The number of hydrogen-bond acceptors (Lipinski definition) is 3. The van der Waals surface area contributed by atoms with Crippen molar-refractivity contribution in [1.82, 2.24) is 14.9 Å². The van der Waals surface area contributed by atoms with Crippen molar-refractivity contribution in [3.63, 3.8) is 0 Å². The van der Waals surface area contributed by atoms with Crippen LogP contribution in [0.15, 0.2) is 79.0 Å². The third kappa shape index (κ3) is 4.08. The lowest BCUT2D eigenvalue weighted by Crippen LogP contribution is -2.29. The van der Waals surface area contributed by atoms with Crippen LogP contribution < -0.4 is 10.2 Å². The van der Waals surface area contributed by atoms with Gasteiger partial charge >= 0.3 is 5.97 Å². The molecule has 2 unspecified atom stereocenters. The normalized spacial score (nSPS) is 17.5. The van der Waals surface area contributed by atoms with Gasteiger partial charge < -0.3 is 19.9 Å². The summed E-state index contributed by atoms with van der Waals surface area (Å²) >= 11 is 5.86. The van der Waals surface area contributed by atoms with Gasteiger partial charge in [-0.2, -0.15) is 0 Å². The van der Waals surface area contributed by atoms with Crippen molar-refractivity contribution in [3.8, 4) is 5.69 Å². The average molecular weight is 483 g/mol. The van der Waals surface area contributed by atoms with Crippen LogP contribution in [-0.4, -0.2) is 25.7 Å². The van der Waals surface area contributed by atoms with E-state index in [9.17, 15) is 9.90 Å². The number of aromatic carboxylic acids is 1. The van der Waals surface area contributed by atoms with Gasteiger partial charge in [0.2, 0.25) is 0 Å². The molecule has 0 saturated carbocycles. The lowest BCUT2D eigenvalue weighted by Gasteiger charge is -2.28. The fourth-order valence-electron chi connectivity index (χ4n) is 4.96. The summed E-state index contributed by atoms with van der Waals surface area (Å²) in [6, 6.07) is 23.2. The Morgan fingerprint density at radius 1 is 0.971 bits per heavy atom. The van der Waals surface area contributed by atoms with Crippen molar-refractivity contribution in [2.24, 2.45) is 0 Å². The molecule has 0 bridgehead atoms. The van der Waals surface area contributed by atoms with Gasteiger partial charge in [0.15, 0.2) is 5.11 Å². The first-order chi connectivity index (χ1) is 16.8. The molecule has 2 aromatic carbocycles. The van der Waals surface area contributed by atoms with Gasteiger partial charge in [-0.05, 0) is 98.7 Å². The molecule has 5 rings (SSSR count). The third-order valence-corrected chi connectivity index (χ3v) is 6.85. The van der Waals surface area contributed by atoms with Crippen molar-refractivity contribution >= 4 is 29.0 Å². The van der Waals surface area contributed by atoms with E-state index in [1.807, 2.05) is 36.4 Å². The molecule has 176 valence electrons. The van der Waals surface area contributed by atoms with E-state index in [2.05, 4.69) is 64.8 Å². The molecule has 7 heteroatoms. The maximum absolute atomic E-state index is 11.3. The highest BCUT2D eigenvalue weighted by Crippen LogP contribution is 2.43. The summed E-state index contributed by atoms with van der Waals surface area (Å²) in [4.78, 5) is 18.2. The number of anilines is 1. The molecular weight excluding hydrogens is 456 g/mol. The quantitative estimate of drug-likeness (QED) is 0.357. The van der Waals surface area contributed by atoms with Crippen LogP contribution in [0, 0.1) is 20.8 Å². The molecule has 2 N–H and O–H groups in total. The molecule has 4 aromatic rings. The van der Waals surface area contributed by atoms with E-state index >= 15 is 0 Å². The molecule has 0 radical (unpaired) electrons. The number of thiocarbonyl (C=S) groups is 1. The van der Waals surface area contributed by atoms with Crippen LogP contribution in [0.2, 0.25) is 0 Å². The monoisotopic (exact) mass is 482 g/mol. The van der Waals surface area contributed by atoms with E-state index in [0.717, 1.165) is 39.6 Å². The highest BCUT2D eigenvalue weighted by atomic mass is 32.1. The SMILES string of the molecule is Cc1cccc(N2C(=S)NC(c3ccccn3)C2c2cc(C)n(-c3ccc(C(=O)O)cc3)c2C)c1. The van der Waals surface area contributed by atoms with Crippen LogP contribution in [0.5, 0.6) is 0 Å². The minimum Gasteiger partial charge on any atom is -0.478 e. The molecule has 2 aromatic heterocycles. The molecule has 1 fully saturated rings. The zero-order valence-electron chi connectivity index (χ0n) is 19.8. The highest BCUT2D eigenvalue weighted by Gasteiger charge is 2.42. The van der Waals surface area contributed by atoms with Crippen LogP contribution >= 0.6 is 12.2 Å². The van der Waals surface area contributed by atoms with Crippen LogP contribution in [0.1, 0.15) is 50.7 Å². The predicted octanol–water partition coefficient (Wildman–Crippen LogP) is 5.67. The summed E-state index contributed by atoms with van der Waals surface area (Å²) < 4.78 is 2.16. The molecule has 0 amide bonds. The van der Waals surface area contributed by atoms with Gasteiger partial charge in [0.05, 0.1) is 23.3 Å². The van der Waals surface area contributed by atoms with E-state index < -0.39 is 5.97 Å². The zero-order chi connectivity index (χ0) is 24.7. The molecule has 1 aliphatic rings. The number of nitrogens with zero attached hydrogens (tertiary/aromatic N) is 3. The molecule has 6 nitrogen and oxygen atoms in total. The standard InChI is InChI=1S/C28H26N4O2S/c1-17-7-6-8-22(15-17)32-26(25(30-28(32)35)24-9-4-5-14-29-24)23-16-18(2)31(19(23)3)21-12-10-20(11-13-21)27(33)34/h4-16,25-26H,1-3H3,(H,30,35)(H,33,34). The Bertz CT molecular complexity index is 1410. The van der Waals surface area contributed by atoms with Crippen molar-refractivity contribution in [2.45, 2.75) is 32.9 Å². The number of nitrogens with one attached hydrogen (secondary N) is 1. The van der Waals surface area contributed by atoms with Crippen molar-refractivity contribution in [2.75, 3.05) is 4.90 Å². The molecular formula is C28H26N4O2S. The van der Waals surface area contributed by atoms with Crippen LogP contribution in [-0.2, 0) is 0 Å². The molecule has 1 saturated heterocycles. The summed E-state index contributed by atoms with van der Waals surface area (Å²) in [5, 5.41) is 13.5. The van der Waals surface area contributed by atoms with Crippen LogP contribution in [0.3, 0.4) is 0 Å². The predicted molar refractivity (Wildman–Crippen MR) is 141 cm³/mol. The molecule has 0 aliphatic carbocycles. The summed E-state index contributed by atoms with van der Waals surface area (Å²) in [5.74, 6) is -0.935. The number of aromatic nitrogens is 2. The Morgan fingerprint density at radius 2 is 1.74 bits per heavy atom. The number of carboxylic acid groups (broad SMARTS) is 1. The van der Waals surface area contributed by atoms with Crippen molar-refractivity contribution in [3.05, 3.63) is 113 Å². The zero-order valence-corrected chi connectivity index (χ0v) is 20.6. The Hall–Kier alpha value is -3.97. The number of carbonyl (C=O) groups is 1. The fraction of sp³-hybridized carbons (Fsp3) is 0.179. The first-order valence-electron chi connectivity index (χ1n) is 11.4. The van der Waals surface area contributed by atoms with Gasteiger partial charge in [0, 0.05) is 29.0 Å². The van der Waals surface area contributed by atoms with E-state index in [4.69, 9.17) is 12.2 Å². The second-order valence-corrected chi connectivity index (χ2v) is 9.24. The lowest BCUT2D eigenvalue weighted by atomic mass is 9.96. The third-order valence-electron chi connectivity index (χ3n) is 6.54. The smallest absolute Gasteiger partial charge is 0.335 e. The lowest BCUT2D eigenvalue weighted by molar-refractivity contribution is 0.0697. The van der Waals surface area contributed by atoms with E-state index in [1.165, 1.54) is 0 Å². The van der Waals surface area contributed by atoms with E-state index in [-0.39, 0.29) is 17.6 Å². The average Bonchev–Trinajstić information content (AvgIpc) is 3.34. The first-order valence-corrected chi connectivity index (χ1v) is 11.9. The molecule has 0 spiro atoms. The van der Waals surface area contributed by atoms with E-state index in [0.29, 0.717) is 5.11 Å². The second kappa shape index (κ2) is 9.00. The van der Waals surface area contributed by atoms with Gasteiger partial charge in [0.1, 0.15) is 0 Å². The van der Waals surface area contributed by atoms with Gasteiger partial charge in [-0.1, -0.05) is 18.2 Å². The second-order valence-electron chi connectivity index (χ2n) is 8.85. The van der Waals surface area contributed by atoms with Crippen molar-refractivity contribution < 1.29 is 9.90 Å². The maximum Gasteiger partial charge on any atom is 0.335 e. The first kappa shape index (κ1) is 22.8. The Labute approximate surface area is 209 Å². The number of aryl methyl sites for hydroxylation is 2. The van der Waals surface area contributed by atoms with Crippen LogP contribution in [0.4, 0.5) is 5.69 Å². The van der Waals surface area contributed by atoms with Gasteiger partial charge in [0.25, 0.3) is 0 Å². The molecule has 3 heterocycles. The summed E-state index contributed by atoms with van der Waals surface area (Å²) in [5.41, 5.74) is 7.56. The summed E-state index contributed by atoms with van der Waals surface area (Å²) in [6.45, 7) is 6.24. The largest absolute Gasteiger partial charge is 0.478 e. The number of pyridine rings is 1. The van der Waals surface area contributed by atoms with Gasteiger partial charge in [-0.3, -0.25) is 4.98 Å². The van der Waals surface area contributed by atoms with Gasteiger partial charge in [-0.15, -0.1) is 0 Å². The Morgan fingerprint density at radius 3 is 2.40 bits per heavy atom. The maximum atomic E-state index is 11.3.